The first kappa shape index (κ1) is 13.3. The monoisotopic (exact) mass is 242 g/mol. The molecule has 0 atom stereocenters. The number of rotatable bonds is 4. The van der Waals surface area contributed by atoms with Gasteiger partial charge in [0.25, 0.3) is 0 Å². The second-order valence-corrected chi connectivity index (χ2v) is 3.27. The van der Waals surface area contributed by atoms with Gasteiger partial charge in [-0.1, -0.05) is 12.2 Å². The van der Waals surface area contributed by atoms with Gasteiger partial charge in [0.05, 0.1) is 7.11 Å². The van der Waals surface area contributed by atoms with Crippen molar-refractivity contribution >= 4 is 12.0 Å². The maximum absolute atomic E-state index is 13.4. The van der Waals surface area contributed by atoms with Gasteiger partial charge in [0.1, 0.15) is 17.2 Å². The van der Waals surface area contributed by atoms with Gasteiger partial charge in [-0.15, -0.1) is 0 Å². The molecule has 0 heterocycles. The fraction of sp³-hybridized carbons (Fsp3) is 0.250. The van der Waals surface area contributed by atoms with Gasteiger partial charge in [0, 0.05) is 6.61 Å². The minimum Gasteiger partial charge on any atom is -0.465 e. The minimum atomic E-state index is -1.05. The van der Waals surface area contributed by atoms with Crippen molar-refractivity contribution in [2.24, 2.45) is 0 Å². The summed E-state index contributed by atoms with van der Waals surface area (Å²) in [5.41, 5.74) is -0.423. The molecule has 1 aromatic rings. The van der Waals surface area contributed by atoms with Crippen molar-refractivity contribution in [2.45, 2.75) is 6.42 Å². The van der Waals surface area contributed by atoms with Crippen molar-refractivity contribution in [1.29, 1.82) is 0 Å². The van der Waals surface area contributed by atoms with Gasteiger partial charge in [-0.25, -0.2) is 13.6 Å². The predicted octanol–water partition coefficient (Wildman–Crippen LogP) is 2.15. The lowest BCUT2D eigenvalue weighted by molar-refractivity contribution is 0.0590. The standard InChI is InChI=1S/C12H12F2O3/c1-17-12(16)11-9(13)6-8(7-10(11)14)4-2-3-5-15/h2,4,6-7,15H,3,5H2,1H3. The van der Waals surface area contributed by atoms with E-state index in [0.717, 1.165) is 19.2 Å². The summed E-state index contributed by atoms with van der Waals surface area (Å²) < 4.78 is 31.1. The van der Waals surface area contributed by atoms with Crippen molar-refractivity contribution in [3.8, 4) is 0 Å². The Morgan fingerprint density at radius 2 is 2.00 bits per heavy atom. The zero-order valence-corrected chi connectivity index (χ0v) is 9.24. The van der Waals surface area contributed by atoms with Crippen LogP contribution in [0.25, 0.3) is 6.08 Å². The molecule has 0 aliphatic carbocycles. The summed E-state index contributed by atoms with van der Waals surface area (Å²) in [6.07, 6.45) is 3.43. The van der Waals surface area contributed by atoms with Crippen LogP contribution in [-0.4, -0.2) is 24.8 Å². The third-order valence-electron chi connectivity index (χ3n) is 2.06. The highest BCUT2D eigenvalue weighted by Gasteiger charge is 2.18. The smallest absolute Gasteiger partial charge is 0.343 e. The molecular weight excluding hydrogens is 230 g/mol. The number of ether oxygens (including phenoxy) is 1. The first-order valence-electron chi connectivity index (χ1n) is 4.95. The highest BCUT2D eigenvalue weighted by molar-refractivity contribution is 5.90. The van der Waals surface area contributed by atoms with E-state index < -0.39 is 23.2 Å². The molecule has 1 N–H and O–H groups in total. The zero-order chi connectivity index (χ0) is 12.8. The van der Waals surface area contributed by atoms with E-state index in [2.05, 4.69) is 4.74 Å². The van der Waals surface area contributed by atoms with E-state index in [1.807, 2.05) is 0 Å². The van der Waals surface area contributed by atoms with Gasteiger partial charge < -0.3 is 9.84 Å². The Morgan fingerprint density at radius 1 is 1.41 bits per heavy atom. The summed E-state index contributed by atoms with van der Waals surface area (Å²) in [5.74, 6) is -2.99. The zero-order valence-electron chi connectivity index (χ0n) is 9.24. The number of aliphatic hydroxyl groups excluding tert-OH is 1. The number of esters is 1. The third-order valence-corrected chi connectivity index (χ3v) is 2.06. The van der Waals surface area contributed by atoms with E-state index in [-0.39, 0.29) is 12.2 Å². The molecular formula is C12H12F2O3. The summed E-state index contributed by atoms with van der Waals surface area (Å²) in [4.78, 5) is 11.1. The molecule has 1 rings (SSSR count). The first-order chi connectivity index (χ1) is 8.10. The van der Waals surface area contributed by atoms with E-state index in [0.29, 0.717) is 6.42 Å². The van der Waals surface area contributed by atoms with Crippen LogP contribution in [0.2, 0.25) is 0 Å². The van der Waals surface area contributed by atoms with Crippen molar-refractivity contribution < 1.29 is 23.4 Å². The van der Waals surface area contributed by atoms with E-state index in [1.165, 1.54) is 6.08 Å². The molecule has 17 heavy (non-hydrogen) atoms. The molecule has 0 saturated heterocycles. The van der Waals surface area contributed by atoms with Gasteiger partial charge >= 0.3 is 5.97 Å². The quantitative estimate of drug-likeness (QED) is 0.823. The molecule has 0 amide bonds. The molecule has 0 aliphatic rings. The van der Waals surface area contributed by atoms with E-state index in [1.54, 1.807) is 6.08 Å². The summed E-state index contributed by atoms with van der Waals surface area (Å²) >= 11 is 0. The Hall–Kier alpha value is -1.75. The summed E-state index contributed by atoms with van der Waals surface area (Å²) in [7, 11) is 1.05. The lowest BCUT2D eigenvalue weighted by atomic mass is 10.1. The fourth-order valence-electron chi connectivity index (χ4n) is 1.28. The molecule has 1 aromatic carbocycles. The maximum atomic E-state index is 13.4. The topological polar surface area (TPSA) is 46.5 Å². The molecule has 0 unspecified atom stereocenters. The number of benzene rings is 1. The molecule has 0 aromatic heterocycles. The first-order valence-corrected chi connectivity index (χ1v) is 4.95. The third kappa shape index (κ3) is 3.35. The van der Waals surface area contributed by atoms with Crippen LogP contribution < -0.4 is 0 Å². The van der Waals surface area contributed by atoms with Crippen molar-refractivity contribution in [1.82, 2.24) is 0 Å². The molecule has 0 spiro atoms. The van der Waals surface area contributed by atoms with Crippen LogP contribution >= 0.6 is 0 Å². The number of methoxy groups -OCH3 is 1. The largest absolute Gasteiger partial charge is 0.465 e. The summed E-state index contributed by atoms with van der Waals surface area (Å²) in [6, 6.07) is 2.06. The number of carbonyl (C=O) groups excluding carboxylic acids is 1. The number of carbonyl (C=O) groups is 1. The molecule has 0 aliphatic heterocycles. The SMILES string of the molecule is COC(=O)c1c(F)cc(C=CCCO)cc1F. The van der Waals surface area contributed by atoms with Gasteiger partial charge in [-0.2, -0.15) is 0 Å². The molecule has 0 saturated carbocycles. The highest BCUT2D eigenvalue weighted by Crippen LogP contribution is 2.17. The fourth-order valence-corrected chi connectivity index (χ4v) is 1.28. The minimum absolute atomic E-state index is 0.0400. The van der Waals surface area contributed by atoms with Crippen LogP contribution in [-0.2, 0) is 4.74 Å². The second kappa shape index (κ2) is 6.10. The molecule has 0 radical (unpaired) electrons. The van der Waals surface area contributed by atoms with Gasteiger partial charge in [0.15, 0.2) is 0 Å². The van der Waals surface area contributed by atoms with Crippen LogP contribution in [0.15, 0.2) is 18.2 Å². The lowest BCUT2D eigenvalue weighted by Crippen LogP contribution is -2.08. The van der Waals surface area contributed by atoms with Gasteiger partial charge in [-0.05, 0) is 24.1 Å². The second-order valence-electron chi connectivity index (χ2n) is 3.27. The van der Waals surface area contributed by atoms with E-state index >= 15 is 0 Å². The van der Waals surface area contributed by atoms with Gasteiger partial charge in [-0.3, -0.25) is 0 Å². The Bertz CT molecular complexity index is 418. The highest BCUT2D eigenvalue weighted by atomic mass is 19.1. The van der Waals surface area contributed by atoms with Crippen molar-refractivity contribution in [3.05, 3.63) is 41.0 Å². The van der Waals surface area contributed by atoms with E-state index in [4.69, 9.17) is 5.11 Å². The summed E-state index contributed by atoms with van der Waals surface area (Å²) in [5, 5.41) is 8.54. The molecule has 5 heteroatoms. The molecule has 3 nitrogen and oxygen atoms in total. The van der Waals surface area contributed by atoms with Gasteiger partial charge in [0.2, 0.25) is 0 Å². The normalized spacial score (nSPS) is 10.8. The van der Waals surface area contributed by atoms with Crippen LogP contribution in [0, 0.1) is 11.6 Å². The Labute approximate surface area is 97.3 Å². The van der Waals surface area contributed by atoms with Crippen molar-refractivity contribution in [3.63, 3.8) is 0 Å². The Morgan fingerprint density at radius 3 is 2.47 bits per heavy atom. The number of hydrogen-bond donors (Lipinski definition) is 1. The maximum Gasteiger partial charge on any atom is 0.343 e. The average molecular weight is 242 g/mol. The molecule has 0 fully saturated rings. The van der Waals surface area contributed by atoms with Crippen LogP contribution in [0.3, 0.4) is 0 Å². The lowest BCUT2D eigenvalue weighted by Gasteiger charge is -2.04. The average Bonchev–Trinajstić information content (AvgIpc) is 2.28. The number of hydrogen-bond acceptors (Lipinski definition) is 3. The Kier molecular flexibility index (Phi) is 4.78. The van der Waals surface area contributed by atoms with Crippen LogP contribution in [0.4, 0.5) is 8.78 Å². The molecule has 92 valence electrons. The predicted molar refractivity (Wildman–Crippen MR) is 58.4 cm³/mol. The molecule has 0 bridgehead atoms. The van der Waals surface area contributed by atoms with Crippen molar-refractivity contribution in [2.75, 3.05) is 13.7 Å². The number of aliphatic hydroxyl groups is 1. The van der Waals surface area contributed by atoms with Crippen LogP contribution in [0.1, 0.15) is 22.3 Å². The van der Waals surface area contributed by atoms with E-state index in [9.17, 15) is 13.6 Å². The summed E-state index contributed by atoms with van der Waals surface area (Å²) in [6.45, 7) is -0.0400. The number of halogens is 2. The van der Waals surface area contributed by atoms with Crippen LogP contribution in [0.5, 0.6) is 0 Å². The Balaban J connectivity index is 3.05.